The molecule has 0 amide bonds. The fourth-order valence-electron chi connectivity index (χ4n) is 2.86. The van der Waals surface area contributed by atoms with E-state index in [1.807, 2.05) is 11.3 Å². The molecule has 0 saturated heterocycles. The fourth-order valence-corrected chi connectivity index (χ4v) is 3.75. The quantitative estimate of drug-likeness (QED) is 0.777. The van der Waals surface area contributed by atoms with Gasteiger partial charge in [0.15, 0.2) is 0 Å². The van der Waals surface area contributed by atoms with Crippen LogP contribution in [0.5, 0.6) is 0 Å². The molecule has 3 heteroatoms. The number of nitrogens with one attached hydrogen (secondary N) is 1. The van der Waals surface area contributed by atoms with Crippen molar-refractivity contribution in [1.82, 2.24) is 10.2 Å². The summed E-state index contributed by atoms with van der Waals surface area (Å²) in [6.07, 6.45) is 2.79. The smallest absolute Gasteiger partial charge is 0.0443 e. The van der Waals surface area contributed by atoms with E-state index in [1.54, 1.807) is 0 Å². The van der Waals surface area contributed by atoms with Crippen molar-refractivity contribution < 1.29 is 0 Å². The number of thiophene rings is 1. The molecule has 1 aromatic heterocycles. The summed E-state index contributed by atoms with van der Waals surface area (Å²) in [6, 6.07) is 6.31. The van der Waals surface area contributed by atoms with E-state index in [0.717, 1.165) is 19.0 Å². The molecule has 1 aromatic rings. The molecule has 2 nitrogen and oxygen atoms in total. The zero-order valence-electron chi connectivity index (χ0n) is 12.7. The van der Waals surface area contributed by atoms with Crippen LogP contribution in [0.25, 0.3) is 0 Å². The molecule has 1 atom stereocenters. The Morgan fingerprint density at radius 2 is 1.95 bits per heavy atom. The van der Waals surface area contributed by atoms with Gasteiger partial charge in [-0.15, -0.1) is 11.3 Å². The van der Waals surface area contributed by atoms with Crippen LogP contribution < -0.4 is 5.32 Å². The second-order valence-electron chi connectivity index (χ2n) is 6.21. The first-order valence-electron chi connectivity index (χ1n) is 7.62. The monoisotopic (exact) mass is 280 g/mol. The van der Waals surface area contributed by atoms with Gasteiger partial charge in [-0.3, -0.25) is 4.90 Å². The summed E-state index contributed by atoms with van der Waals surface area (Å²) in [7, 11) is 0. The van der Waals surface area contributed by atoms with Gasteiger partial charge in [-0.25, -0.2) is 0 Å². The first-order chi connectivity index (χ1) is 9.09. The SMILES string of the molecule is CC(C)N(CCNC(c1cccs1)C1CC1)C(C)C. The summed E-state index contributed by atoms with van der Waals surface area (Å²) in [4.78, 5) is 4.08. The highest BCUT2D eigenvalue weighted by Gasteiger charge is 2.32. The molecule has 0 spiro atoms. The minimum atomic E-state index is 0.598. The summed E-state index contributed by atoms with van der Waals surface area (Å²) >= 11 is 1.89. The molecule has 1 heterocycles. The maximum absolute atomic E-state index is 3.79. The molecule has 1 N–H and O–H groups in total. The highest BCUT2D eigenvalue weighted by atomic mass is 32.1. The van der Waals surface area contributed by atoms with Gasteiger partial charge in [-0.1, -0.05) is 6.07 Å². The first-order valence-corrected chi connectivity index (χ1v) is 8.50. The van der Waals surface area contributed by atoms with Crippen molar-refractivity contribution in [2.45, 2.75) is 58.7 Å². The molecule has 0 aliphatic heterocycles. The average molecular weight is 280 g/mol. The van der Waals surface area contributed by atoms with Crippen molar-refractivity contribution >= 4 is 11.3 Å². The third-order valence-electron chi connectivity index (χ3n) is 4.00. The molecule has 1 saturated carbocycles. The maximum Gasteiger partial charge on any atom is 0.0443 e. The van der Waals surface area contributed by atoms with Crippen LogP contribution in [0, 0.1) is 5.92 Å². The minimum Gasteiger partial charge on any atom is -0.308 e. The van der Waals surface area contributed by atoms with Crippen LogP contribution in [-0.4, -0.2) is 30.1 Å². The van der Waals surface area contributed by atoms with Crippen molar-refractivity contribution in [3.8, 4) is 0 Å². The van der Waals surface area contributed by atoms with Crippen LogP contribution >= 0.6 is 11.3 Å². The molecular weight excluding hydrogens is 252 g/mol. The Hall–Kier alpha value is -0.380. The standard InChI is InChI=1S/C16H28N2S/c1-12(2)18(13(3)4)10-9-17-16(14-7-8-14)15-6-5-11-19-15/h5-6,11-14,16-17H,7-10H2,1-4H3. The van der Waals surface area contributed by atoms with Gasteiger partial charge < -0.3 is 5.32 Å². The van der Waals surface area contributed by atoms with Gasteiger partial charge in [-0.05, 0) is 57.9 Å². The molecule has 1 aliphatic carbocycles. The van der Waals surface area contributed by atoms with E-state index in [0.29, 0.717) is 18.1 Å². The predicted molar refractivity (Wildman–Crippen MR) is 84.8 cm³/mol. The lowest BCUT2D eigenvalue weighted by Gasteiger charge is -2.31. The van der Waals surface area contributed by atoms with E-state index in [1.165, 1.54) is 17.7 Å². The molecule has 0 aromatic carbocycles. The van der Waals surface area contributed by atoms with E-state index in [-0.39, 0.29) is 0 Å². The largest absolute Gasteiger partial charge is 0.308 e. The molecule has 2 rings (SSSR count). The summed E-state index contributed by atoms with van der Waals surface area (Å²) in [5.41, 5.74) is 0. The van der Waals surface area contributed by atoms with Crippen LogP contribution in [0.1, 0.15) is 51.5 Å². The number of hydrogen-bond acceptors (Lipinski definition) is 3. The lowest BCUT2D eigenvalue weighted by atomic mass is 10.1. The maximum atomic E-state index is 3.79. The Labute approximate surface area is 122 Å². The highest BCUT2D eigenvalue weighted by Crippen LogP contribution is 2.42. The van der Waals surface area contributed by atoms with Gasteiger partial charge in [-0.2, -0.15) is 0 Å². The van der Waals surface area contributed by atoms with Crippen LogP contribution in [0.2, 0.25) is 0 Å². The summed E-state index contributed by atoms with van der Waals surface area (Å²) in [5, 5.41) is 5.99. The molecule has 1 fully saturated rings. The summed E-state index contributed by atoms with van der Waals surface area (Å²) in [5.74, 6) is 0.880. The predicted octanol–water partition coefficient (Wildman–Crippen LogP) is 3.91. The Balaban J connectivity index is 1.83. The van der Waals surface area contributed by atoms with Crippen molar-refractivity contribution in [2.24, 2.45) is 5.92 Å². The average Bonchev–Trinajstić information content (AvgIpc) is 3.03. The normalized spacial score (nSPS) is 17.6. The van der Waals surface area contributed by atoms with Crippen molar-refractivity contribution in [1.29, 1.82) is 0 Å². The van der Waals surface area contributed by atoms with E-state index < -0.39 is 0 Å². The Morgan fingerprint density at radius 1 is 1.26 bits per heavy atom. The Kier molecular flexibility index (Phi) is 5.43. The summed E-state index contributed by atoms with van der Waals surface area (Å²) < 4.78 is 0. The van der Waals surface area contributed by atoms with E-state index in [9.17, 15) is 0 Å². The zero-order valence-corrected chi connectivity index (χ0v) is 13.5. The third-order valence-corrected chi connectivity index (χ3v) is 4.96. The molecule has 1 aliphatic rings. The van der Waals surface area contributed by atoms with Crippen LogP contribution in [-0.2, 0) is 0 Å². The molecule has 0 radical (unpaired) electrons. The van der Waals surface area contributed by atoms with Gasteiger partial charge in [0.1, 0.15) is 0 Å². The molecule has 108 valence electrons. The lowest BCUT2D eigenvalue weighted by molar-refractivity contribution is 0.173. The molecule has 1 unspecified atom stereocenters. The second-order valence-corrected chi connectivity index (χ2v) is 7.19. The third kappa shape index (κ3) is 4.30. The van der Waals surface area contributed by atoms with Crippen molar-refractivity contribution in [2.75, 3.05) is 13.1 Å². The fraction of sp³-hybridized carbons (Fsp3) is 0.750. The number of nitrogens with zero attached hydrogens (tertiary/aromatic N) is 1. The molecular formula is C16H28N2S. The Morgan fingerprint density at radius 3 is 2.42 bits per heavy atom. The van der Waals surface area contributed by atoms with Gasteiger partial charge in [0.2, 0.25) is 0 Å². The molecule has 0 bridgehead atoms. The number of rotatable bonds is 8. The van der Waals surface area contributed by atoms with Gasteiger partial charge >= 0.3 is 0 Å². The topological polar surface area (TPSA) is 15.3 Å². The summed E-state index contributed by atoms with van der Waals surface area (Å²) in [6.45, 7) is 11.4. The minimum absolute atomic E-state index is 0.598. The number of hydrogen-bond donors (Lipinski definition) is 1. The van der Waals surface area contributed by atoms with Crippen LogP contribution in [0.4, 0.5) is 0 Å². The van der Waals surface area contributed by atoms with Crippen LogP contribution in [0.3, 0.4) is 0 Å². The zero-order chi connectivity index (χ0) is 13.8. The second kappa shape index (κ2) is 6.87. The van der Waals surface area contributed by atoms with Crippen LogP contribution in [0.15, 0.2) is 17.5 Å². The lowest BCUT2D eigenvalue weighted by Crippen LogP contribution is -2.42. The Bertz CT molecular complexity index is 347. The molecule has 19 heavy (non-hydrogen) atoms. The van der Waals surface area contributed by atoms with Gasteiger partial charge in [0.25, 0.3) is 0 Å². The van der Waals surface area contributed by atoms with Gasteiger partial charge in [0.05, 0.1) is 0 Å². The van der Waals surface area contributed by atoms with Gasteiger partial charge in [0, 0.05) is 36.1 Å². The first kappa shape index (κ1) is 15.0. The highest BCUT2D eigenvalue weighted by molar-refractivity contribution is 7.10. The van der Waals surface area contributed by atoms with E-state index in [4.69, 9.17) is 0 Å². The van der Waals surface area contributed by atoms with Crippen molar-refractivity contribution in [3.05, 3.63) is 22.4 Å². The van der Waals surface area contributed by atoms with E-state index in [2.05, 4.69) is 55.4 Å². The van der Waals surface area contributed by atoms with Crippen molar-refractivity contribution in [3.63, 3.8) is 0 Å². The van der Waals surface area contributed by atoms with E-state index >= 15 is 0 Å².